The Balaban J connectivity index is 2.13. The second-order valence-corrected chi connectivity index (χ2v) is 4.57. The zero-order valence-electron chi connectivity index (χ0n) is 11.8. The van der Waals surface area contributed by atoms with E-state index in [9.17, 15) is 4.79 Å². The maximum Gasteiger partial charge on any atom is 0.168 e. The van der Waals surface area contributed by atoms with Gasteiger partial charge in [-0.05, 0) is 11.6 Å². The van der Waals surface area contributed by atoms with Gasteiger partial charge in [0, 0.05) is 23.0 Å². The highest BCUT2D eigenvalue weighted by Crippen LogP contribution is 2.18. The highest BCUT2D eigenvalue weighted by atomic mass is 16.1. The summed E-state index contributed by atoms with van der Waals surface area (Å²) in [6, 6.07) is 13.9. The lowest BCUT2D eigenvalue weighted by molar-refractivity contribution is -0.114. The summed E-state index contributed by atoms with van der Waals surface area (Å²) in [6.45, 7) is 7.23. The summed E-state index contributed by atoms with van der Waals surface area (Å²) < 4.78 is 0. The van der Waals surface area contributed by atoms with E-state index in [1.165, 1.54) is 0 Å². The first kappa shape index (κ1) is 14.7. The molecule has 104 valence electrons. The number of carbonyl (C=O) groups excluding carboxylic acids is 1. The molecule has 0 aliphatic heterocycles. The third-order valence-electron chi connectivity index (χ3n) is 3.11. The number of pyridine rings is 1. The van der Waals surface area contributed by atoms with E-state index >= 15 is 0 Å². The lowest BCUT2D eigenvalue weighted by atomic mass is 10.0. The van der Waals surface area contributed by atoms with Crippen molar-refractivity contribution >= 4 is 5.78 Å². The van der Waals surface area contributed by atoms with Crippen LogP contribution >= 0.6 is 0 Å². The van der Waals surface area contributed by atoms with Crippen molar-refractivity contribution < 1.29 is 4.79 Å². The fraction of sp³-hybridized carbons (Fsp3) is 0.0526. The number of carbonyl (C=O) groups is 1. The maximum atomic E-state index is 12.1. The number of rotatable bonds is 6. The highest BCUT2D eigenvalue weighted by Gasteiger charge is 2.08. The molecule has 0 fully saturated rings. The molecule has 2 aromatic rings. The van der Waals surface area contributed by atoms with Crippen LogP contribution < -0.4 is 0 Å². The quantitative estimate of drug-likeness (QED) is 0.585. The van der Waals surface area contributed by atoms with Crippen molar-refractivity contribution in [1.82, 2.24) is 4.98 Å². The molecular weight excluding hydrogens is 258 g/mol. The summed E-state index contributed by atoms with van der Waals surface area (Å²) in [4.78, 5) is 16.4. The fourth-order valence-corrected chi connectivity index (χ4v) is 2.00. The zero-order valence-corrected chi connectivity index (χ0v) is 11.8. The minimum atomic E-state index is -0.00939. The van der Waals surface area contributed by atoms with Crippen molar-refractivity contribution in [2.45, 2.75) is 6.42 Å². The molecule has 0 aliphatic carbocycles. The number of ketones is 1. The van der Waals surface area contributed by atoms with Gasteiger partial charge in [0.2, 0.25) is 0 Å². The highest BCUT2D eigenvalue weighted by molar-refractivity contribution is 5.99. The van der Waals surface area contributed by atoms with Gasteiger partial charge in [-0.2, -0.15) is 0 Å². The van der Waals surface area contributed by atoms with Crippen LogP contribution in [0, 0.1) is 0 Å². The van der Waals surface area contributed by atoms with Crippen LogP contribution in [0.5, 0.6) is 0 Å². The number of aromatic nitrogens is 1. The molecule has 0 bridgehead atoms. The number of Topliss-reactive ketones (excluding diaryl/α,β-unsaturated/α-hetero) is 1. The molecule has 0 atom stereocenters. The Morgan fingerprint density at radius 2 is 1.81 bits per heavy atom. The smallest absolute Gasteiger partial charge is 0.168 e. The summed E-state index contributed by atoms with van der Waals surface area (Å²) in [6.07, 6.45) is 6.85. The van der Waals surface area contributed by atoms with Crippen LogP contribution in [-0.4, -0.2) is 10.8 Å². The molecule has 0 aliphatic rings. The molecule has 1 aromatic carbocycles. The summed E-state index contributed by atoms with van der Waals surface area (Å²) in [5, 5.41) is 0. The summed E-state index contributed by atoms with van der Waals surface area (Å²) in [5.74, 6) is -0.00939. The zero-order chi connectivity index (χ0) is 15.1. The molecule has 2 heteroatoms. The average molecular weight is 275 g/mol. The van der Waals surface area contributed by atoms with Crippen molar-refractivity contribution in [2.75, 3.05) is 0 Å². The van der Waals surface area contributed by atoms with Gasteiger partial charge in [-0.3, -0.25) is 9.78 Å². The van der Waals surface area contributed by atoms with Gasteiger partial charge in [-0.15, -0.1) is 0 Å². The normalized spacial score (nSPS) is 11.0. The second kappa shape index (κ2) is 7.15. The minimum absolute atomic E-state index is 0.00939. The number of hydrogen-bond acceptors (Lipinski definition) is 2. The Kier molecular flexibility index (Phi) is 4.99. The SMILES string of the molecule is C=C/C=C(\C=C)C(=O)Cc1ccc(-c2ccccc2)cn1. The Bertz CT molecular complexity index is 666. The molecule has 0 unspecified atom stereocenters. The third kappa shape index (κ3) is 3.86. The maximum absolute atomic E-state index is 12.1. The van der Waals surface area contributed by atoms with E-state index in [1.807, 2.05) is 42.5 Å². The minimum Gasteiger partial charge on any atom is -0.294 e. The van der Waals surface area contributed by atoms with E-state index in [0.717, 1.165) is 16.8 Å². The summed E-state index contributed by atoms with van der Waals surface area (Å²) in [5.41, 5.74) is 3.45. The van der Waals surface area contributed by atoms with E-state index in [2.05, 4.69) is 18.1 Å². The van der Waals surface area contributed by atoms with Crippen LogP contribution in [0.3, 0.4) is 0 Å². The predicted octanol–water partition coefficient (Wildman–Crippen LogP) is 4.16. The topological polar surface area (TPSA) is 30.0 Å². The first-order valence-corrected chi connectivity index (χ1v) is 6.73. The van der Waals surface area contributed by atoms with Crippen LogP contribution in [0.15, 0.2) is 85.6 Å². The van der Waals surface area contributed by atoms with Crippen molar-refractivity contribution in [3.05, 3.63) is 91.3 Å². The van der Waals surface area contributed by atoms with Crippen LogP contribution in [0.2, 0.25) is 0 Å². The molecule has 0 saturated carbocycles. The number of allylic oxidation sites excluding steroid dienone is 4. The fourth-order valence-electron chi connectivity index (χ4n) is 2.00. The second-order valence-electron chi connectivity index (χ2n) is 4.57. The number of benzene rings is 1. The first-order chi connectivity index (χ1) is 10.2. The van der Waals surface area contributed by atoms with Crippen LogP contribution in [0.4, 0.5) is 0 Å². The Morgan fingerprint density at radius 1 is 1.05 bits per heavy atom. The third-order valence-corrected chi connectivity index (χ3v) is 3.11. The molecular formula is C19H17NO. The molecule has 2 rings (SSSR count). The summed E-state index contributed by atoms with van der Waals surface area (Å²) in [7, 11) is 0. The van der Waals surface area contributed by atoms with Gasteiger partial charge < -0.3 is 0 Å². The van der Waals surface area contributed by atoms with Gasteiger partial charge in [-0.25, -0.2) is 0 Å². The van der Waals surface area contributed by atoms with Crippen molar-refractivity contribution in [3.8, 4) is 11.1 Å². The van der Waals surface area contributed by atoms with Gasteiger partial charge in [-0.1, -0.05) is 67.8 Å². The number of nitrogens with zero attached hydrogens (tertiary/aromatic N) is 1. The monoisotopic (exact) mass is 275 g/mol. The lowest BCUT2D eigenvalue weighted by Gasteiger charge is -2.04. The Morgan fingerprint density at radius 3 is 2.38 bits per heavy atom. The van der Waals surface area contributed by atoms with Crippen molar-refractivity contribution in [1.29, 1.82) is 0 Å². The van der Waals surface area contributed by atoms with Crippen LogP contribution in [-0.2, 0) is 11.2 Å². The van der Waals surface area contributed by atoms with E-state index < -0.39 is 0 Å². The van der Waals surface area contributed by atoms with E-state index in [4.69, 9.17) is 0 Å². The van der Waals surface area contributed by atoms with Crippen LogP contribution in [0.1, 0.15) is 5.69 Å². The molecule has 0 N–H and O–H groups in total. The van der Waals surface area contributed by atoms with E-state index in [0.29, 0.717) is 5.57 Å². The van der Waals surface area contributed by atoms with Gasteiger partial charge in [0.1, 0.15) is 0 Å². The van der Waals surface area contributed by atoms with Gasteiger partial charge in [0.05, 0.1) is 6.42 Å². The molecule has 1 aromatic heterocycles. The molecule has 2 nitrogen and oxygen atoms in total. The van der Waals surface area contributed by atoms with Gasteiger partial charge in [0.25, 0.3) is 0 Å². The molecule has 0 saturated heterocycles. The Hall–Kier alpha value is -2.74. The predicted molar refractivity (Wildman–Crippen MR) is 86.9 cm³/mol. The molecule has 1 heterocycles. The first-order valence-electron chi connectivity index (χ1n) is 6.73. The van der Waals surface area contributed by atoms with Crippen molar-refractivity contribution in [3.63, 3.8) is 0 Å². The van der Waals surface area contributed by atoms with E-state index in [-0.39, 0.29) is 12.2 Å². The largest absolute Gasteiger partial charge is 0.294 e. The summed E-state index contributed by atoms with van der Waals surface area (Å²) >= 11 is 0. The molecule has 21 heavy (non-hydrogen) atoms. The van der Waals surface area contributed by atoms with E-state index in [1.54, 1.807) is 24.4 Å². The molecule has 0 spiro atoms. The average Bonchev–Trinajstić information content (AvgIpc) is 2.54. The van der Waals surface area contributed by atoms with Crippen LogP contribution in [0.25, 0.3) is 11.1 Å². The number of hydrogen-bond donors (Lipinski definition) is 0. The molecule has 0 radical (unpaired) electrons. The van der Waals surface area contributed by atoms with Gasteiger partial charge in [0.15, 0.2) is 5.78 Å². The Labute approximate surface area is 125 Å². The van der Waals surface area contributed by atoms with Gasteiger partial charge >= 0.3 is 0 Å². The molecule has 0 amide bonds. The standard InChI is InChI=1S/C19H17NO/c1-3-8-15(4-2)19(21)13-18-12-11-17(14-20-18)16-9-6-5-7-10-16/h3-12,14H,1-2,13H2/b15-8+. The van der Waals surface area contributed by atoms with Crippen molar-refractivity contribution in [2.24, 2.45) is 0 Å². The lowest BCUT2D eigenvalue weighted by Crippen LogP contribution is -2.06.